The number of para-hydroxylation sites is 1. The van der Waals surface area contributed by atoms with Crippen LogP contribution in [0.3, 0.4) is 0 Å². The van der Waals surface area contributed by atoms with E-state index in [1.54, 1.807) is 6.92 Å². The molecular formula is C29H25ClO8. The molecule has 0 unspecified atom stereocenters. The molecule has 0 N–H and O–H groups in total. The molecule has 0 aliphatic carbocycles. The van der Waals surface area contributed by atoms with E-state index in [2.05, 4.69) is 30.9 Å². The van der Waals surface area contributed by atoms with Gasteiger partial charge in [-0.05, 0) is 42.8 Å². The Kier molecular flexibility index (Phi) is 10.1. The van der Waals surface area contributed by atoms with E-state index in [-0.39, 0.29) is 13.2 Å². The van der Waals surface area contributed by atoms with Gasteiger partial charge in [-0.3, -0.25) is 0 Å². The highest BCUT2D eigenvalue weighted by Crippen LogP contribution is 2.29. The van der Waals surface area contributed by atoms with Crippen LogP contribution in [0.15, 0.2) is 101 Å². The standard InChI is InChI=1S/C29H25O4.ClHO4/c1-21(2)29(30)32-19-18-31-25-16-13-22(14-17-25)12-15-24-20-28(23-8-4-3-5-9-23)33-27-11-7-6-10-26(24)27;2-1(3,4)5/h3-17,20H,1,18-19H2,2H3;(H,2,3,4,5)/q+1;/p-1. The van der Waals surface area contributed by atoms with Crippen LogP contribution >= 0.6 is 0 Å². The van der Waals surface area contributed by atoms with Gasteiger partial charge in [-0.1, -0.05) is 61.2 Å². The molecule has 0 saturated carbocycles. The summed E-state index contributed by atoms with van der Waals surface area (Å²) in [6.07, 6.45) is 4.16. The van der Waals surface area contributed by atoms with Gasteiger partial charge in [0.05, 0.1) is 17.0 Å². The van der Waals surface area contributed by atoms with Gasteiger partial charge >= 0.3 is 17.3 Å². The van der Waals surface area contributed by atoms with E-state index in [9.17, 15) is 4.79 Å². The van der Waals surface area contributed by atoms with Crippen molar-refractivity contribution in [3.8, 4) is 17.1 Å². The maximum Gasteiger partial charge on any atom is 0.361 e. The molecule has 3 aromatic carbocycles. The molecule has 1 heterocycles. The summed E-state index contributed by atoms with van der Waals surface area (Å²) in [5.74, 6) is 1.13. The van der Waals surface area contributed by atoms with Gasteiger partial charge in [0.1, 0.15) is 19.0 Å². The first-order chi connectivity index (χ1) is 18.1. The summed E-state index contributed by atoms with van der Waals surface area (Å²) in [6.45, 7) is 5.64. The molecule has 0 atom stereocenters. The number of carbonyl (C=O) groups excluding carboxylic acids is 1. The third kappa shape index (κ3) is 9.44. The minimum absolute atomic E-state index is 0.184. The predicted octanol–water partition coefficient (Wildman–Crippen LogP) is 2.29. The van der Waals surface area contributed by atoms with E-state index in [0.29, 0.717) is 11.3 Å². The highest BCUT2D eigenvalue weighted by atomic mass is 35.7. The lowest BCUT2D eigenvalue weighted by Gasteiger charge is -2.17. The Morgan fingerprint density at radius 3 is 2.18 bits per heavy atom. The monoisotopic (exact) mass is 536 g/mol. The summed E-state index contributed by atoms with van der Waals surface area (Å²) in [5, 5.41) is 1.05. The van der Waals surface area contributed by atoms with Crippen molar-refractivity contribution in [1.82, 2.24) is 0 Å². The van der Waals surface area contributed by atoms with Gasteiger partial charge in [-0.2, -0.15) is 0 Å². The highest BCUT2D eigenvalue weighted by molar-refractivity contribution is 5.91. The van der Waals surface area contributed by atoms with Crippen molar-refractivity contribution in [3.05, 3.63) is 108 Å². The van der Waals surface area contributed by atoms with Crippen LogP contribution < -0.4 is 23.4 Å². The van der Waals surface area contributed by atoms with E-state index >= 15 is 0 Å². The Morgan fingerprint density at radius 1 is 0.895 bits per heavy atom. The predicted molar refractivity (Wildman–Crippen MR) is 133 cm³/mol. The molecule has 0 aliphatic rings. The third-order valence-electron chi connectivity index (χ3n) is 5.03. The summed E-state index contributed by atoms with van der Waals surface area (Å²) < 4.78 is 50.8. The maximum atomic E-state index is 11.4. The van der Waals surface area contributed by atoms with Gasteiger partial charge in [-0.25, -0.2) is 27.8 Å². The van der Waals surface area contributed by atoms with Crippen LogP contribution in [0, 0.1) is 10.2 Å². The number of hydrogen-bond donors (Lipinski definition) is 0. The van der Waals surface area contributed by atoms with Crippen molar-refractivity contribution in [2.24, 2.45) is 0 Å². The topological polar surface area (TPSA) is 139 Å². The summed E-state index contributed by atoms with van der Waals surface area (Å²) in [5.41, 5.74) is 4.38. The van der Waals surface area contributed by atoms with Gasteiger partial charge in [0, 0.05) is 17.2 Å². The molecule has 4 aromatic rings. The molecule has 0 fully saturated rings. The maximum absolute atomic E-state index is 11.4. The lowest BCUT2D eigenvalue weighted by molar-refractivity contribution is -2.00. The highest BCUT2D eigenvalue weighted by Gasteiger charge is 2.17. The lowest BCUT2D eigenvalue weighted by atomic mass is 10.0. The summed E-state index contributed by atoms with van der Waals surface area (Å²) in [7, 11) is -4.94. The number of halogens is 1. The van der Waals surface area contributed by atoms with Gasteiger partial charge < -0.3 is 9.47 Å². The second-order valence-corrected chi connectivity index (χ2v) is 8.73. The van der Waals surface area contributed by atoms with Gasteiger partial charge in [0.15, 0.2) is 0 Å². The molecule has 0 radical (unpaired) electrons. The number of esters is 1. The largest absolute Gasteiger partial charge is 0.490 e. The van der Waals surface area contributed by atoms with Gasteiger partial charge in [0.25, 0.3) is 0 Å². The van der Waals surface area contributed by atoms with Crippen LogP contribution in [0.1, 0.15) is 18.1 Å². The molecule has 0 amide bonds. The Bertz CT molecular complexity index is 1390. The molecule has 4 rings (SSSR count). The number of rotatable bonds is 8. The van der Waals surface area contributed by atoms with E-state index in [4.69, 9.17) is 32.5 Å². The first-order valence-corrected chi connectivity index (χ1v) is 12.6. The van der Waals surface area contributed by atoms with Crippen LogP contribution in [-0.2, 0) is 9.53 Å². The fourth-order valence-corrected chi connectivity index (χ4v) is 3.32. The van der Waals surface area contributed by atoms with Crippen LogP contribution in [0.25, 0.3) is 34.4 Å². The summed E-state index contributed by atoms with van der Waals surface area (Å²) in [6, 6.07) is 27.9. The smallest absolute Gasteiger partial charge is 0.361 e. The number of ether oxygens (including phenoxy) is 2. The zero-order chi connectivity index (χ0) is 27.5. The Labute approximate surface area is 222 Å². The average Bonchev–Trinajstić information content (AvgIpc) is 2.89. The minimum atomic E-state index is -4.94. The molecule has 0 spiro atoms. The molecule has 38 heavy (non-hydrogen) atoms. The summed E-state index contributed by atoms with van der Waals surface area (Å²) >= 11 is 0. The van der Waals surface area contributed by atoms with Gasteiger partial charge in [-0.15, -0.1) is 10.2 Å². The SMILES string of the molecule is C=C(C)C(=O)OCCOc1ccc(C=Cc2cc(-c3ccccc3)[o+]c3ccccc23)cc1.[O-][Cl+3]([O-])([O-])[O-]. The third-order valence-corrected chi connectivity index (χ3v) is 5.03. The second-order valence-electron chi connectivity index (χ2n) is 7.97. The molecule has 9 heteroatoms. The first-order valence-electron chi connectivity index (χ1n) is 11.4. The molecule has 0 aliphatic heterocycles. The first kappa shape index (κ1) is 28.5. The molecule has 0 saturated heterocycles. The average molecular weight is 537 g/mol. The quantitative estimate of drug-likeness (QED) is 0.145. The number of fused-ring (bicyclic) bond motifs is 1. The van der Waals surface area contributed by atoms with E-state index in [0.717, 1.165) is 33.4 Å². The van der Waals surface area contributed by atoms with E-state index in [1.807, 2.05) is 72.8 Å². The number of hydrogen-bond acceptors (Lipinski definition) is 7. The fraction of sp³-hybridized carbons (Fsp3) is 0.103. The molecule has 1 aromatic heterocycles. The molecule has 0 bridgehead atoms. The van der Waals surface area contributed by atoms with Crippen molar-refractivity contribution in [2.45, 2.75) is 6.92 Å². The van der Waals surface area contributed by atoms with Gasteiger partial charge in [0.2, 0.25) is 0 Å². The van der Waals surface area contributed by atoms with Crippen LogP contribution in [-0.4, -0.2) is 19.2 Å². The minimum Gasteiger partial charge on any atom is -0.490 e. The van der Waals surface area contributed by atoms with Crippen molar-refractivity contribution in [3.63, 3.8) is 0 Å². The normalized spacial score (nSPS) is 11.1. The molecule has 196 valence electrons. The van der Waals surface area contributed by atoms with Crippen LogP contribution in [0.4, 0.5) is 0 Å². The van der Waals surface area contributed by atoms with E-state index < -0.39 is 16.2 Å². The number of carbonyl (C=O) groups is 1. The Balaban J connectivity index is 0.000000732. The summed E-state index contributed by atoms with van der Waals surface area (Å²) in [4.78, 5) is 11.4. The zero-order valence-electron chi connectivity index (χ0n) is 20.5. The second kappa shape index (κ2) is 13.5. The van der Waals surface area contributed by atoms with E-state index in [1.165, 1.54) is 0 Å². The molecule has 8 nitrogen and oxygen atoms in total. The van der Waals surface area contributed by atoms with Crippen LogP contribution in [0.2, 0.25) is 0 Å². The van der Waals surface area contributed by atoms with Crippen LogP contribution in [0.5, 0.6) is 5.75 Å². The van der Waals surface area contributed by atoms with Crippen molar-refractivity contribution in [2.75, 3.05) is 13.2 Å². The van der Waals surface area contributed by atoms with Crippen molar-refractivity contribution >= 4 is 29.1 Å². The Morgan fingerprint density at radius 2 is 1.53 bits per heavy atom. The van der Waals surface area contributed by atoms with Crippen molar-refractivity contribution < 1.29 is 47.6 Å². The fourth-order valence-electron chi connectivity index (χ4n) is 3.32. The molecular weight excluding hydrogens is 512 g/mol. The zero-order valence-corrected chi connectivity index (χ0v) is 21.3. The lowest BCUT2D eigenvalue weighted by Crippen LogP contribution is -2.68. The number of benzene rings is 3. The Hall–Kier alpha value is -4.05. The van der Waals surface area contributed by atoms with Crippen molar-refractivity contribution in [1.29, 1.82) is 0 Å².